The Labute approximate surface area is 198 Å². The molecule has 1 saturated heterocycles. The van der Waals surface area contributed by atoms with Gasteiger partial charge in [0.2, 0.25) is 10.0 Å². The van der Waals surface area contributed by atoms with Crippen LogP contribution in [0.4, 0.5) is 0 Å². The van der Waals surface area contributed by atoms with Crippen LogP contribution in [-0.4, -0.2) is 37.9 Å². The highest BCUT2D eigenvalue weighted by Gasteiger charge is 2.21. The number of likely N-dealkylation sites (tertiary alicyclic amines) is 1. The predicted octanol–water partition coefficient (Wildman–Crippen LogP) is 5.47. The monoisotopic (exact) mass is 465 g/mol. The molecule has 0 saturated carbocycles. The molecule has 4 rings (SSSR count). The van der Waals surface area contributed by atoms with E-state index in [9.17, 15) is 8.42 Å². The highest BCUT2D eigenvalue weighted by molar-refractivity contribution is 7.89. The molecule has 6 heteroatoms. The Hall–Kier alpha value is -2.28. The van der Waals surface area contributed by atoms with Crippen molar-refractivity contribution in [3.63, 3.8) is 0 Å². The highest BCUT2D eigenvalue weighted by Crippen LogP contribution is 2.29. The Kier molecular flexibility index (Phi) is 8.12. The van der Waals surface area contributed by atoms with Crippen molar-refractivity contribution in [3.8, 4) is 0 Å². The smallest absolute Gasteiger partial charge is 0.243 e. The molecule has 1 N–H and O–H groups in total. The van der Waals surface area contributed by atoms with Crippen LogP contribution in [0.15, 0.2) is 65.7 Å². The molecule has 0 radical (unpaired) electrons. The number of hydrogen-bond donors (Lipinski definition) is 1. The van der Waals surface area contributed by atoms with Gasteiger partial charge in [0, 0.05) is 18.1 Å². The number of rotatable bonds is 10. The summed E-state index contributed by atoms with van der Waals surface area (Å²) in [5.41, 5.74) is 2.82. The minimum absolute atomic E-state index is 0.225. The first kappa shape index (κ1) is 23.9. The SMILES string of the molecule is CCCCCCN1CCC(c2cccc(CNS(=O)(=O)c3cccc4cccnc34)c2)CC1. The molecule has 1 aromatic heterocycles. The van der Waals surface area contributed by atoms with E-state index in [1.807, 2.05) is 24.3 Å². The van der Waals surface area contributed by atoms with Gasteiger partial charge in [-0.15, -0.1) is 0 Å². The van der Waals surface area contributed by atoms with Gasteiger partial charge in [-0.05, 0) is 68.1 Å². The first-order valence-corrected chi connectivity index (χ1v) is 13.7. The van der Waals surface area contributed by atoms with Gasteiger partial charge in [0.1, 0.15) is 4.90 Å². The van der Waals surface area contributed by atoms with Crippen molar-refractivity contribution in [2.45, 2.75) is 62.8 Å². The lowest BCUT2D eigenvalue weighted by Gasteiger charge is -2.32. The second kappa shape index (κ2) is 11.2. The van der Waals surface area contributed by atoms with E-state index in [0.717, 1.165) is 24.0 Å². The maximum Gasteiger partial charge on any atom is 0.243 e. The van der Waals surface area contributed by atoms with Gasteiger partial charge in [-0.2, -0.15) is 0 Å². The number of para-hydroxylation sites is 1. The average molecular weight is 466 g/mol. The van der Waals surface area contributed by atoms with Gasteiger partial charge in [-0.25, -0.2) is 13.1 Å². The van der Waals surface area contributed by atoms with Crippen molar-refractivity contribution < 1.29 is 8.42 Å². The Balaban J connectivity index is 1.36. The highest BCUT2D eigenvalue weighted by atomic mass is 32.2. The zero-order chi connectivity index (χ0) is 23.1. The fourth-order valence-corrected chi connectivity index (χ4v) is 5.95. The van der Waals surface area contributed by atoms with Gasteiger partial charge in [0.05, 0.1) is 5.52 Å². The van der Waals surface area contributed by atoms with Gasteiger partial charge >= 0.3 is 0 Å². The summed E-state index contributed by atoms with van der Waals surface area (Å²) in [6, 6.07) is 17.3. The van der Waals surface area contributed by atoms with E-state index >= 15 is 0 Å². The summed E-state index contributed by atoms with van der Waals surface area (Å²) in [6.07, 6.45) is 9.23. The summed E-state index contributed by atoms with van der Waals surface area (Å²) in [5.74, 6) is 0.552. The normalized spacial score (nSPS) is 15.8. The van der Waals surface area contributed by atoms with Crippen LogP contribution in [-0.2, 0) is 16.6 Å². The molecule has 3 aromatic rings. The Bertz CT molecular complexity index is 1150. The molecule has 2 aromatic carbocycles. The summed E-state index contributed by atoms with van der Waals surface area (Å²) in [7, 11) is -3.66. The van der Waals surface area contributed by atoms with Crippen molar-refractivity contribution >= 4 is 20.9 Å². The van der Waals surface area contributed by atoms with Gasteiger partial charge in [-0.3, -0.25) is 4.98 Å². The van der Waals surface area contributed by atoms with E-state index in [1.54, 1.807) is 18.3 Å². The van der Waals surface area contributed by atoms with Crippen LogP contribution < -0.4 is 4.72 Å². The fourth-order valence-electron chi connectivity index (χ4n) is 4.76. The number of nitrogens with one attached hydrogen (secondary N) is 1. The van der Waals surface area contributed by atoms with Crippen LogP contribution in [0.25, 0.3) is 10.9 Å². The second-order valence-electron chi connectivity index (χ2n) is 9.08. The van der Waals surface area contributed by atoms with E-state index in [4.69, 9.17) is 0 Å². The van der Waals surface area contributed by atoms with Crippen LogP contribution in [0.1, 0.15) is 62.5 Å². The molecule has 1 aliphatic heterocycles. The van der Waals surface area contributed by atoms with Gasteiger partial charge in [0.25, 0.3) is 0 Å². The lowest BCUT2D eigenvalue weighted by Crippen LogP contribution is -2.33. The molecule has 0 spiro atoms. The van der Waals surface area contributed by atoms with E-state index in [1.165, 1.54) is 50.6 Å². The zero-order valence-corrected chi connectivity index (χ0v) is 20.4. The van der Waals surface area contributed by atoms with Crippen LogP contribution in [0.5, 0.6) is 0 Å². The number of aromatic nitrogens is 1. The van der Waals surface area contributed by atoms with Crippen LogP contribution >= 0.6 is 0 Å². The van der Waals surface area contributed by atoms with Gasteiger partial charge in [-0.1, -0.05) is 68.7 Å². The maximum atomic E-state index is 13.0. The first-order chi connectivity index (χ1) is 16.1. The average Bonchev–Trinajstić information content (AvgIpc) is 2.86. The molecule has 1 fully saturated rings. The fraction of sp³-hybridized carbons (Fsp3) is 0.444. The molecule has 1 aliphatic rings. The zero-order valence-electron chi connectivity index (χ0n) is 19.5. The van der Waals surface area contributed by atoms with Crippen molar-refractivity contribution in [2.75, 3.05) is 19.6 Å². The van der Waals surface area contributed by atoms with E-state index < -0.39 is 10.0 Å². The minimum Gasteiger partial charge on any atom is -0.303 e. The standard InChI is InChI=1S/C27H35N3O2S/c1-2-3-4-5-17-30-18-14-23(15-19-30)25-11-6-9-22(20-25)21-29-33(31,32)26-13-7-10-24-12-8-16-28-27(24)26/h6-13,16,20,23,29H,2-5,14-15,17-19,21H2,1H3. The summed E-state index contributed by atoms with van der Waals surface area (Å²) >= 11 is 0. The lowest BCUT2D eigenvalue weighted by molar-refractivity contribution is 0.208. The van der Waals surface area contributed by atoms with Crippen LogP contribution in [0.3, 0.4) is 0 Å². The second-order valence-corrected chi connectivity index (χ2v) is 10.8. The molecule has 176 valence electrons. The number of sulfonamides is 1. The van der Waals surface area contributed by atoms with Crippen molar-refractivity contribution in [1.82, 2.24) is 14.6 Å². The third kappa shape index (κ3) is 6.19. The molecule has 0 atom stereocenters. The molecule has 0 bridgehead atoms. The first-order valence-electron chi connectivity index (χ1n) is 12.2. The number of benzene rings is 2. The summed E-state index contributed by atoms with van der Waals surface area (Å²) in [4.78, 5) is 7.11. The Morgan fingerprint density at radius 3 is 2.61 bits per heavy atom. The lowest BCUT2D eigenvalue weighted by atomic mass is 9.88. The largest absolute Gasteiger partial charge is 0.303 e. The number of unbranched alkanes of at least 4 members (excludes halogenated alkanes) is 3. The maximum absolute atomic E-state index is 13.0. The molecule has 33 heavy (non-hydrogen) atoms. The molecule has 5 nitrogen and oxygen atoms in total. The molecule has 0 aliphatic carbocycles. The van der Waals surface area contributed by atoms with Crippen LogP contribution in [0.2, 0.25) is 0 Å². The number of nitrogens with zero attached hydrogens (tertiary/aromatic N) is 2. The summed E-state index contributed by atoms with van der Waals surface area (Å²) in [6.45, 7) is 6.06. The number of pyridine rings is 1. The molecule has 0 unspecified atom stereocenters. The van der Waals surface area contributed by atoms with E-state index in [-0.39, 0.29) is 11.4 Å². The van der Waals surface area contributed by atoms with E-state index in [2.05, 4.69) is 39.7 Å². The quantitative estimate of drug-likeness (QED) is 0.403. The number of fused-ring (bicyclic) bond motifs is 1. The number of piperidine rings is 1. The number of hydrogen-bond acceptors (Lipinski definition) is 4. The summed E-state index contributed by atoms with van der Waals surface area (Å²) < 4.78 is 28.8. The molecular formula is C27H35N3O2S. The molecule has 2 heterocycles. The minimum atomic E-state index is -3.66. The topological polar surface area (TPSA) is 62.3 Å². The van der Waals surface area contributed by atoms with E-state index in [0.29, 0.717) is 11.4 Å². The third-order valence-electron chi connectivity index (χ3n) is 6.69. The van der Waals surface area contributed by atoms with Crippen LogP contribution in [0, 0.1) is 0 Å². The molecular weight excluding hydrogens is 430 g/mol. The van der Waals surface area contributed by atoms with Gasteiger partial charge in [0.15, 0.2) is 0 Å². The van der Waals surface area contributed by atoms with Crippen molar-refractivity contribution in [3.05, 3.63) is 71.9 Å². The summed E-state index contributed by atoms with van der Waals surface area (Å²) in [5, 5.41) is 0.819. The molecule has 0 amide bonds. The van der Waals surface area contributed by atoms with Crippen molar-refractivity contribution in [2.24, 2.45) is 0 Å². The Morgan fingerprint density at radius 1 is 1.00 bits per heavy atom. The predicted molar refractivity (Wildman–Crippen MR) is 135 cm³/mol. The van der Waals surface area contributed by atoms with Crippen molar-refractivity contribution in [1.29, 1.82) is 0 Å². The third-order valence-corrected chi connectivity index (χ3v) is 8.12. The van der Waals surface area contributed by atoms with Gasteiger partial charge < -0.3 is 4.90 Å². The Morgan fingerprint density at radius 2 is 1.79 bits per heavy atom.